The molecule has 3 aromatic rings. The van der Waals surface area contributed by atoms with E-state index in [1.807, 2.05) is 11.4 Å². The molecule has 0 atom stereocenters. The number of hydrogen-bond donors (Lipinski definition) is 0. The highest BCUT2D eigenvalue weighted by molar-refractivity contribution is 7.09. The average molecular weight is 498 g/mol. The monoisotopic (exact) mass is 497 g/mol. The van der Waals surface area contributed by atoms with E-state index in [-0.39, 0.29) is 11.7 Å². The summed E-state index contributed by atoms with van der Waals surface area (Å²) in [7, 11) is 0. The number of thiazole rings is 1. The van der Waals surface area contributed by atoms with Crippen molar-refractivity contribution >= 4 is 17.2 Å². The lowest BCUT2D eigenvalue weighted by Crippen LogP contribution is -2.43. The lowest BCUT2D eigenvalue weighted by molar-refractivity contribution is 0.0319. The second-order valence-electron chi connectivity index (χ2n) is 8.91. The number of halogens is 1. The number of aryl methyl sites for hydroxylation is 2. The number of hydrogen-bond acceptors (Lipinski definition) is 6. The molecule has 2 aromatic carbocycles. The number of aromatic nitrogens is 1. The third kappa shape index (κ3) is 6.87. The Morgan fingerprint density at radius 1 is 1.17 bits per heavy atom. The maximum Gasteiger partial charge on any atom is 0.254 e. The lowest BCUT2D eigenvalue weighted by Gasteiger charge is -2.30. The van der Waals surface area contributed by atoms with Gasteiger partial charge in [0, 0.05) is 37.1 Å². The predicted octanol–water partition coefficient (Wildman–Crippen LogP) is 4.76. The third-order valence-corrected chi connectivity index (χ3v) is 7.11. The van der Waals surface area contributed by atoms with Gasteiger partial charge in [0.25, 0.3) is 5.91 Å². The van der Waals surface area contributed by atoms with Crippen molar-refractivity contribution in [3.05, 3.63) is 80.6 Å². The van der Waals surface area contributed by atoms with Crippen molar-refractivity contribution in [3.63, 3.8) is 0 Å². The van der Waals surface area contributed by atoms with E-state index in [0.717, 1.165) is 47.2 Å². The van der Waals surface area contributed by atoms with Gasteiger partial charge in [0.1, 0.15) is 23.2 Å². The minimum atomic E-state index is -0.357. The molecule has 2 heterocycles. The highest BCUT2D eigenvalue weighted by atomic mass is 32.1. The molecule has 1 amide bonds. The Morgan fingerprint density at radius 2 is 1.91 bits per heavy atom. The number of rotatable bonds is 9. The molecule has 1 aliphatic rings. The van der Waals surface area contributed by atoms with Crippen LogP contribution in [0.25, 0.3) is 0 Å². The van der Waals surface area contributed by atoms with Gasteiger partial charge in [-0.25, -0.2) is 9.37 Å². The minimum Gasteiger partial charge on any atom is -0.486 e. The van der Waals surface area contributed by atoms with Crippen LogP contribution < -0.4 is 4.74 Å². The quantitative estimate of drug-likeness (QED) is 0.427. The smallest absolute Gasteiger partial charge is 0.254 e. The first kappa shape index (κ1) is 25.3. The Balaban J connectivity index is 1.43. The number of morpholine rings is 1. The molecule has 35 heavy (non-hydrogen) atoms. The van der Waals surface area contributed by atoms with E-state index in [9.17, 15) is 9.18 Å². The molecule has 186 valence electrons. The Labute approximate surface area is 210 Å². The van der Waals surface area contributed by atoms with Crippen molar-refractivity contribution in [1.82, 2.24) is 14.8 Å². The number of carbonyl (C=O) groups is 1. The summed E-state index contributed by atoms with van der Waals surface area (Å²) < 4.78 is 24.9. The van der Waals surface area contributed by atoms with Gasteiger partial charge in [-0.05, 0) is 67.8 Å². The SMILES string of the molecule is Cc1cc(C)c(C)c(OCc2nc(CN(CCN3CCOCC3)C(=O)c3ccc(F)cc3)cs2)c1. The van der Waals surface area contributed by atoms with Gasteiger partial charge in [-0.15, -0.1) is 11.3 Å². The number of benzene rings is 2. The molecule has 1 aromatic heterocycles. The van der Waals surface area contributed by atoms with Gasteiger partial charge in [-0.3, -0.25) is 9.69 Å². The zero-order chi connectivity index (χ0) is 24.8. The fourth-order valence-corrected chi connectivity index (χ4v) is 4.78. The zero-order valence-electron chi connectivity index (χ0n) is 20.6. The van der Waals surface area contributed by atoms with Crippen LogP contribution in [0.1, 0.15) is 37.7 Å². The molecule has 0 N–H and O–H groups in total. The maximum absolute atomic E-state index is 13.4. The second kappa shape index (κ2) is 11.7. The molecule has 0 saturated carbocycles. The zero-order valence-corrected chi connectivity index (χ0v) is 21.4. The Hall–Kier alpha value is -2.81. The maximum atomic E-state index is 13.4. The van der Waals surface area contributed by atoms with Crippen LogP contribution in [0.2, 0.25) is 0 Å². The van der Waals surface area contributed by atoms with E-state index in [2.05, 4.69) is 31.7 Å². The van der Waals surface area contributed by atoms with Gasteiger partial charge < -0.3 is 14.4 Å². The summed E-state index contributed by atoms with van der Waals surface area (Å²) in [6, 6.07) is 9.90. The van der Waals surface area contributed by atoms with Gasteiger partial charge in [0.15, 0.2) is 0 Å². The predicted molar refractivity (Wildman–Crippen MR) is 135 cm³/mol. The van der Waals surface area contributed by atoms with Gasteiger partial charge >= 0.3 is 0 Å². The highest BCUT2D eigenvalue weighted by Gasteiger charge is 2.20. The van der Waals surface area contributed by atoms with Crippen LogP contribution >= 0.6 is 11.3 Å². The Kier molecular flexibility index (Phi) is 8.49. The van der Waals surface area contributed by atoms with E-state index in [0.29, 0.717) is 38.5 Å². The number of amides is 1. The van der Waals surface area contributed by atoms with Crippen molar-refractivity contribution in [2.45, 2.75) is 33.9 Å². The van der Waals surface area contributed by atoms with Crippen molar-refractivity contribution in [3.8, 4) is 5.75 Å². The van der Waals surface area contributed by atoms with Crippen LogP contribution in [-0.2, 0) is 17.9 Å². The fourth-order valence-electron chi connectivity index (χ4n) is 4.09. The van der Waals surface area contributed by atoms with E-state index >= 15 is 0 Å². The van der Waals surface area contributed by atoms with Gasteiger partial charge in [-0.2, -0.15) is 0 Å². The number of nitrogens with zero attached hydrogens (tertiary/aromatic N) is 3. The molecule has 1 saturated heterocycles. The first-order valence-corrected chi connectivity index (χ1v) is 12.8. The topological polar surface area (TPSA) is 54.9 Å². The molecular weight excluding hydrogens is 465 g/mol. The molecule has 0 bridgehead atoms. The Bertz CT molecular complexity index is 1140. The van der Waals surface area contributed by atoms with Gasteiger partial charge in [0.2, 0.25) is 0 Å². The summed E-state index contributed by atoms with van der Waals surface area (Å²) >= 11 is 1.53. The van der Waals surface area contributed by atoms with Crippen LogP contribution in [0.4, 0.5) is 4.39 Å². The summed E-state index contributed by atoms with van der Waals surface area (Å²) in [5, 5.41) is 2.84. The van der Waals surface area contributed by atoms with Crippen LogP contribution in [0.15, 0.2) is 41.8 Å². The second-order valence-corrected chi connectivity index (χ2v) is 9.86. The molecular formula is C27H32FN3O3S. The molecule has 0 spiro atoms. The van der Waals surface area contributed by atoms with Crippen molar-refractivity contribution < 1.29 is 18.7 Å². The molecule has 6 nitrogen and oxygen atoms in total. The summed E-state index contributed by atoms with van der Waals surface area (Å²) in [5.74, 6) is 0.386. The Morgan fingerprint density at radius 3 is 2.66 bits per heavy atom. The van der Waals surface area contributed by atoms with Gasteiger partial charge in [0.05, 0.1) is 25.5 Å². The fraction of sp³-hybridized carbons (Fsp3) is 0.407. The molecule has 1 aliphatic heterocycles. The minimum absolute atomic E-state index is 0.130. The van der Waals surface area contributed by atoms with Crippen LogP contribution in [0.3, 0.4) is 0 Å². The van der Waals surface area contributed by atoms with Crippen LogP contribution in [0.5, 0.6) is 5.75 Å². The number of ether oxygens (including phenoxy) is 2. The van der Waals surface area contributed by atoms with Crippen molar-refractivity contribution in [1.29, 1.82) is 0 Å². The van der Waals surface area contributed by atoms with Crippen LogP contribution in [-0.4, -0.2) is 60.1 Å². The van der Waals surface area contributed by atoms with Crippen molar-refractivity contribution in [2.24, 2.45) is 0 Å². The molecule has 8 heteroatoms. The standard InChI is InChI=1S/C27H32FN3O3S/c1-19-14-20(2)21(3)25(15-19)34-17-26-29-24(18-35-26)16-31(9-8-30-10-12-33-13-11-30)27(32)22-4-6-23(28)7-5-22/h4-7,14-15,18H,8-13,16-17H2,1-3H3. The normalized spacial score (nSPS) is 14.2. The van der Waals surface area contributed by atoms with E-state index in [4.69, 9.17) is 14.5 Å². The largest absolute Gasteiger partial charge is 0.486 e. The average Bonchev–Trinajstić information content (AvgIpc) is 3.31. The number of carbonyl (C=O) groups excluding carboxylic acids is 1. The summed E-state index contributed by atoms with van der Waals surface area (Å²) in [4.78, 5) is 22.1. The van der Waals surface area contributed by atoms with E-state index in [1.54, 1.807) is 4.90 Å². The summed E-state index contributed by atoms with van der Waals surface area (Å²) in [5.41, 5.74) is 4.79. The first-order chi connectivity index (χ1) is 16.9. The van der Waals surface area contributed by atoms with E-state index < -0.39 is 0 Å². The molecule has 0 radical (unpaired) electrons. The first-order valence-electron chi connectivity index (χ1n) is 11.9. The molecule has 0 aliphatic carbocycles. The molecule has 1 fully saturated rings. The molecule has 4 rings (SSSR count). The summed E-state index contributed by atoms with van der Waals surface area (Å²) in [6.45, 7) is 11.4. The lowest BCUT2D eigenvalue weighted by atomic mass is 10.1. The highest BCUT2D eigenvalue weighted by Crippen LogP contribution is 2.25. The van der Waals surface area contributed by atoms with Crippen molar-refractivity contribution in [2.75, 3.05) is 39.4 Å². The molecule has 0 unspecified atom stereocenters. The third-order valence-electron chi connectivity index (χ3n) is 6.24. The van der Waals surface area contributed by atoms with Gasteiger partial charge in [-0.1, -0.05) is 6.07 Å². The summed E-state index contributed by atoms with van der Waals surface area (Å²) in [6.07, 6.45) is 0. The van der Waals surface area contributed by atoms with Crippen LogP contribution in [0, 0.1) is 26.6 Å². The van der Waals surface area contributed by atoms with E-state index in [1.165, 1.54) is 41.2 Å².